The van der Waals surface area contributed by atoms with Crippen LogP contribution in [0.15, 0.2) is 41.7 Å². The number of rotatable bonds is 2. The molecular formula is C23H25BN6O11P2S. The van der Waals surface area contributed by atoms with E-state index in [0.29, 0.717) is 11.0 Å². The first-order chi connectivity index (χ1) is 20.9. The van der Waals surface area contributed by atoms with Crippen molar-refractivity contribution in [3.8, 4) is 0 Å². The zero-order chi connectivity index (χ0) is 31.0. The van der Waals surface area contributed by atoms with Crippen molar-refractivity contribution in [1.29, 1.82) is 0 Å². The summed E-state index contributed by atoms with van der Waals surface area (Å²) < 4.78 is 50.8. The maximum absolute atomic E-state index is 13.5. The number of nitrogens with one attached hydrogen (secondary N) is 1. The lowest BCUT2D eigenvalue weighted by Gasteiger charge is -2.28. The van der Waals surface area contributed by atoms with E-state index in [1.807, 2.05) is 0 Å². The third-order valence-corrected chi connectivity index (χ3v) is 10.2. The molecule has 3 aliphatic rings. The summed E-state index contributed by atoms with van der Waals surface area (Å²) in [7, 11) is 1.48. The predicted octanol–water partition coefficient (Wildman–Crippen LogP) is 0.305. The van der Waals surface area contributed by atoms with E-state index in [2.05, 4.69) is 19.9 Å². The maximum Gasteiger partial charge on any atom is 0.325 e. The third-order valence-electron chi connectivity index (χ3n) is 7.55. The van der Waals surface area contributed by atoms with Crippen molar-refractivity contribution in [2.75, 3.05) is 13.2 Å². The molecule has 17 nitrogen and oxygen atoms in total. The van der Waals surface area contributed by atoms with Crippen LogP contribution in [0, 0.1) is 6.92 Å². The number of para-hydroxylation sites is 2. The molecule has 232 valence electrons. The first kappa shape index (κ1) is 30.3. The highest BCUT2D eigenvalue weighted by molar-refractivity contribution is 8.07. The van der Waals surface area contributed by atoms with E-state index in [1.165, 1.54) is 17.2 Å². The summed E-state index contributed by atoms with van der Waals surface area (Å²) in [6.07, 6.45) is -7.75. The molecule has 2 radical (unpaired) electrons. The molecule has 3 fully saturated rings. The Balaban J connectivity index is 1.21. The Bertz CT molecular complexity index is 1890. The Hall–Kier alpha value is -2.38. The largest absolute Gasteiger partial charge is 0.387 e. The number of aliphatic hydroxyl groups excluding tert-OH is 2. The van der Waals surface area contributed by atoms with Crippen LogP contribution in [0.2, 0.25) is 0 Å². The quantitative estimate of drug-likeness (QED) is 0.167. The standard InChI is InChI=1S/C23H25BN6O11P2S/c1-10-27-20-15(21(33)28-10)26-9-30(20)23-19-16(31)13(38-23)6-37-43(35,44)41-18-14(7-36-42(24,34)40-19)39-22(17(18)32)29-8-25-11-4-2-3-5-12(11)29/h2-5,8-9,13-14,16-19,22-23,31-32H,6-7H2,1H3,(H,35,44)(H,27,28,33)/t13-,14-,16+,17?,18+,19?,22-,23-,42?,43?/m1/s1. The second kappa shape index (κ2) is 11.2. The van der Waals surface area contributed by atoms with Crippen LogP contribution in [0.5, 0.6) is 0 Å². The lowest BCUT2D eigenvalue weighted by molar-refractivity contribution is -0.0589. The summed E-state index contributed by atoms with van der Waals surface area (Å²) in [4.78, 5) is 38.6. The fourth-order valence-corrected chi connectivity index (χ4v) is 7.97. The van der Waals surface area contributed by atoms with Gasteiger partial charge in [-0.2, -0.15) is 0 Å². The van der Waals surface area contributed by atoms with Crippen LogP contribution in [-0.4, -0.2) is 102 Å². The maximum atomic E-state index is 13.5. The molecule has 3 aromatic heterocycles. The number of aliphatic hydroxyl groups is 2. The number of benzene rings is 1. The normalized spacial score (nSPS) is 38.3. The van der Waals surface area contributed by atoms with Gasteiger partial charge >= 0.3 is 6.72 Å². The van der Waals surface area contributed by atoms with E-state index in [0.717, 1.165) is 0 Å². The number of hydrogen-bond acceptors (Lipinski definition) is 14. The van der Waals surface area contributed by atoms with E-state index in [9.17, 15) is 24.5 Å². The van der Waals surface area contributed by atoms with Gasteiger partial charge in [0.25, 0.3) is 13.0 Å². The average molecular weight is 666 g/mol. The first-order valence-electron chi connectivity index (χ1n) is 13.3. The summed E-state index contributed by atoms with van der Waals surface area (Å²) >= 11 is 5.23. The van der Waals surface area contributed by atoms with Gasteiger partial charge in [0.1, 0.15) is 42.4 Å². The summed E-state index contributed by atoms with van der Waals surface area (Å²) in [6, 6.07) is 7.15. The number of nitrogens with zero attached hydrogens (tertiary/aromatic N) is 5. The van der Waals surface area contributed by atoms with Crippen LogP contribution in [0.3, 0.4) is 0 Å². The second-order valence-electron chi connectivity index (χ2n) is 10.5. The number of fused-ring (bicyclic) bond motifs is 5. The first-order valence-corrected chi connectivity index (χ1v) is 17.5. The summed E-state index contributed by atoms with van der Waals surface area (Å²) in [6.45, 7) is -3.62. The monoisotopic (exact) mass is 666 g/mol. The Morgan fingerprint density at radius 1 is 1.00 bits per heavy atom. The molecule has 44 heavy (non-hydrogen) atoms. The zero-order valence-electron chi connectivity index (χ0n) is 22.7. The van der Waals surface area contributed by atoms with E-state index >= 15 is 0 Å². The van der Waals surface area contributed by atoms with Crippen LogP contribution in [-0.2, 0) is 43.9 Å². The Morgan fingerprint density at radius 3 is 2.55 bits per heavy atom. The molecule has 4 aromatic rings. The molecule has 3 saturated heterocycles. The van der Waals surface area contributed by atoms with Gasteiger partial charge in [-0.1, -0.05) is 12.1 Å². The van der Waals surface area contributed by atoms with Crippen molar-refractivity contribution in [3.05, 3.63) is 53.1 Å². The number of aromatic nitrogens is 6. The van der Waals surface area contributed by atoms with E-state index in [-0.39, 0.29) is 17.0 Å². The van der Waals surface area contributed by atoms with Crippen molar-refractivity contribution < 1.29 is 47.2 Å². The van der Waals surface area contributed by atoms with Crippen LogP contribution >= 0.6 is 14.2 Å². The number of imidazole rings is 2. The van der Waals surface area contributed by atoms with Crippen molar-refractivity contribution in [2.24, 2.45) is 0 Å². The molecule has 0 spiro atoms. The minimum Gasteiger partial charge on any atom is -0.387 e. The van der Waals surface area contributed by atoms with Crippen molar-refractivity contribution in [2.45, 2.75) is 56.0 Å². The van der Waals surface area contributed by atoms with Crippen LogP contribution in [0.1, 0.15) is 18.3 Å². The number of aromatic amines is 1. The van der Waals surface area contributed by atoms with Gasteiger partial charge in [0.05, 0.1) is 36.9 Å². The van der Waals surface area contributed by atoms with E-state index in [4.69, 9.17) is 46.9 Å². The van der Waals surface area contributed by atoms with Crippen molar-refractivity contribution in [3.63, 3.8) is 0 Å². The van der Waals surface area contributed by atoms with Crippen molar-refractivity contribution >= 4 is 55.8 Å². The molecule has 21 heteroatoms. The smallest absolute Gasteiger partial charge is 0.325 e. The Labute approximate surface area is 254 Å². The molecule has 4 N–H and O–H groups in total. The fraction of sp³-hybridized carbons (Fsp3) is 0.478. The highest BCUT2D eigenvalue weighted by Crippen LogP contribution is 2.53. The summed E-state index contributed by atoms with van der Waals surface area (Å²) in [5.41, 5.74) is 0.854. The Morgan fingerprint density at radius 2 is 1.73 bits per heavy atom. The van der Waals surface area contributed by atoms with Crippen molar-refractivity contribution in [1.82, 2.24) is 29.1 Å². The van der Waals surface area contributed by atoms with Gasteiger partial charge in [-0.25, -0.2) is 15.0 Å². The Kier molecular flexibility index (Phi) is 7.68. The van der Waals surface area contributed by atoms with E-state index < -0.39 is 82.0 Å². The van der Waals surface area contributed by atoms with Crippen LogP contribution in [0.25, 0.3) is 22.2 Å². The number of ether oxygens (including phenoxy) is 2. The molecule has 7 rings (SSSR count). The molecule has 6 heterocycles. The molecule has 0 amide bonds. The minimum absolute atomic E-state index is 0.0174. The highest BCUT2D eigenvalue weighted by Gasteiger charge is 2.52. The van der Waals surface area contributed by atoms with Gasteiger partial charge in [0, 0.05) is 0 Å². The van der Waals surface area contributed by atoms with Crippen LogP contribution < -0.4 is 5.56 Å². The molecule has 3 aliphatic heterocycles. The van der Waals surface area contributed by atoms with Crippen LogP contribution in [0.4, 0.5) is 0 Å². The lowest BCUT2D eigenvalue weighted by atomic mass is 10.1. The van der Waals surface area contributed by atoms with E-state index in [1.54, 1.807) is 35.8 Å². The third kappa shape index (κ3) is 5.40. The molecule has 0 saturated carbocycles. The summed E-state index contributed by atoms with van der Waals surface area (Å²) in [5.74, 6) is 0.281. The molecule has 10 atom stereocenters. The van der Waals surface area contributed by atoms with Gasteiger partial charge in [0.15, 0.2) is 23.6 Å². The topological polar surface area (TPSA) is 215 Å². The summed E-state index contributed by atoms with van der Waals surface area (Å²) in [5, 5.41) is 22.4. The molecule has 1 aromatic carbocycles. The van der Waals surface area contributed by atoms with Gasteiger partial charge in [-0.3, -0.25) is 18.5 Å². The molecular weight excluding hydrogens is 641 g/mol. The lowest BCUT2D eigenvalue weighted by Crippen LogP contribution is -2.36. The molecule has 4 unspecified atom stereocenters. The number of hydrogen-bond donors (Lipinski definition) is 4. The molecule has 2 bridgehead atoms. The fourth-order valence-electron chi connectivity index (χ4n) is 5.54. The molecule has 0 aliphatic carbocycles. The van der Waals surface area contributed by atoms with Gasteiger partial charge in [-0.15, -0.1) is 0 Å². The minimum atomic E-state index is -4.49. The van der Waals surface area contributed by atoms with Gasteiger partial charge in [-0.05, 0) is 30.9 Å². The number of H-pyrrole nitrogens is 1. The predicted molar refractivity (Wildman–Crippen MR) is 154 cm³/mol. The SMILES string of the molecule is [B]P1(=O)OC[C@H]2O[C@@H](n3cnc4ccccc43)C(O)[C@H]2OP(O)(=S)OC[C@H]2O[C@@H](n3cnc4c(=O)[nH]c(C)nc43)C(O1)[C@H]2O. The second-order valence-corrected chi connectivity index (χ2v) is 14.8. The highest BCUT2D eigenvalue weighted by atomic mass is 32.5. The van der Waals surface area contributed by atoms with Gasteiger partial charge < -0.3 is 47.7 Å². The average Bonchev–Trinajstić information content (AvgIpc) is 3.72. The van der Waals surface area contributed by atoms with Gasteiger partial charge in [0.2, 0.25) is 7.57 Å². The zero-order valence-corrected chi connectivity index (χ0v) is 25.3. The number of aryl methyl sites for hydroxylation is 1.